The molecule has 0 fully saturated rings. The highest BCUT2D eigenvalue weighted by atomic mass is 19.3. The average Bonchev–Trinajstić information content (AvgIpc) is 2.32. The Bertz CT molecular complexity index is 543. The molecule has 1 atom stereocenters. The molecule has 0 N–H and O–H groups in total. The van der Waals surface area contributed by atoms with E-state index in [4.69, 9.17) is 0 Å². The van der Waals surface area contributed by atoms with Gasteiger partial charge >= 0.3 is 0 Å². The van der Waals surface area contributed by atoms with Gasteiger partial charge in [0.25, 0.3) is 5.92 Å². The van der Waals surface area contributed by atoms with Crippen LogP contribution in [0, 0.1) is 0 Å². The normalized spacial score (nSPS) is 25.4. The summed E-state index contributed by atoms with van der Waals surface area (Å²) in [7, 11) is 1.94. The van der Waals surface area contributed by atoms with Crippen molar-refractivity contribution in [1.29, 1.82) is 0 Å². The van der Waals surface area contributed by atoms with Gasteiger partial charge in [-0.15, -0.1) is 0 Å². The van der Waals surface area contributed by atoms with Gasteiger partial charge in [-0.05, 0) is 41.1 Å². The van der Waals surface area contributed by atoms with Gasteiger partial charge in [-0.1, -0.05) is 32.9 Å². The smallest absolute Gasteiger partial charge is 0.256 e. The highest BCUT2D eigenvalue weighted by molar-refractivity contribution is 5.47. The number of aryl methyl sites for hydroxylation is 1. The molecule has 3 heteroatoms. The van der Waals surface area contributed by atoms with Gasteiger partial charge in [-0.25, -0.2) is 8.78 Å². The molecule has 0 bridgehead atoms. The second kappa shape index (κ2) is 4.27. The lowest BCUT2D eigenvalue weighted by Crippen LogP contribution is -2.43. The Morgan fingerprint density at radius 1 is 1.20 bits per heavy atom. The van der Waals surface area contributed by atoms with E-state index in [0.29, 0.717) is 13.0 Å². The van der Waals surface area contributed by atoms with Crippen LogP contribution in [0.1, 0.15) is 55.4 Å². The minimum atomic E-state index is -2.56. The standard InChI is InChI=1S/C17H23F2N/c1-16(2,3)13-7-11-5-6-17(18,19)14-10-20(4)9-12(8-13)15(11)14/h7-8,14H,5-6,9-10H2,1-4H3/t14-/m1/s1. The molecule has 0 aromatic heterocycles. The van der Waals surface area contributed by atoms with E-state index >= 15 is 0 Å². The maximum absolute atomic E-state index is 14.2. The van der Waals surface area contributed by atoms with Crippen LogP contribution < -0.4 is 0 Å². The van der Waals surface area contributed by atoms with Gasteiger partial charge in [0, 0.05) is 19.5 Å². The number of halogens is 2. The molecule has 1 aromatic carbocycles. The molecule has 1 aromatic rings. The maximum atomic E-state index is 14.2. The van der Waals surface area contributed by atoms with E-state index in [-0.39, 0.29) is 11.8 Å². The molecule has 0 spiro atoms. The van der Waals surface area contributed by atoms with Crippen molar-refractivity contribution in [2.75, 3.05) is 13.6 Å². The molecular weight excluding hydrogens is 256 g/mol. The van der Waals surface area contributed by atoms with E-state index < -0.39 is 11.8 Å². The fourth-order valence-electron chi connectivity index (χ4n) is 3.58. The summed E-state index contributed by atoms with van der Waals surface area (Å²) in [6, 6.07) is 4.33. The first-order valence-corrected chi connectivity index (χ1v) is 7.41. The van der Waals surface area contributed by atoms with Gasteiger partial charge in [-0.3, -0.25) is 0 Å². The molecule has 2 aliphatic rings. The van der Waals surface area contributed by atoms with E-state index in [9.17, 15) is 8.78 Å². The number of alkyl halides is 2. The molecule has 0 saturated heterocycles. The molecule has 0 radical (unpaired) electrons. The van der Waals surface area contributed by atoms with Crippen LogP contribution in [0.5, 0.6) is 0 Å². The zero-order valence-electron chi connectivity index (χ0n) is 12.8. The summed E-state index contributed by atoms with van der Waals surface area (Å²) in [6.45, 7) is 7.81. The Morgan fingerprint density at radius 2 is 1.85 bits per heavy atom. The van der Waals surface area contributed by atoms with Crippen molar-refractivity contribution in [3.63, 3.8) is 0 Å². The molecule has 1 nitrogen and oxygen atoms in total. The Morgan fingerprint density at radius 3 is 2.50 bits per heavy atom. The molecule has 110 valence electrons. The van der Waals surface area contributed by atoms with Gasteiger partial charge in [0.15, 0.2) is 0 Å². The van der Waals surface area contributed by atoms with Gasteiger partial charge in [-0.2, -0.15) is 0 Å². The number of hydrogen-bond acceptors (Lipinski definition) is 1. The van der Waals surface area contributed by atoms with Crippen molar-refractivity contribution in [2.45, 2.75) is 57.4 Å². The second-order valence-electron chi connectivity index (χ2n) is 7.47. The summed E-state index contributed by atoms with van der Waals surface area (Å²) in [5.74, 6) is -3.17. The predicted molar refractivity (Wildman–Crippen MR) is 77.5 cm³/mol. The lowest BCUT2D eigenvalue weighted by atomic mass is 9.72. The van der Waals surface area contributed by atoms with Crippen LogP contribution in [0.3, 0.4) is 0 Å². The quantitative estimate of drug-likeness (QED) is 0.691. The number of hydrogen-bond donors (Lipinski definition) is 0. The van der Waals surface area contributed by atoms with Crippen molar-refractivity contribution in [3.05, 3.63) is 34.4 Å². The summed E-state index contributed by atoms with van der Waals surface area (Å²) in [4.78, 5) is 2.03. The average molecular weight is 279 g/mol. The first kappa shape index (κ1) is 14.0. The Labute approximate surface area is 120 Å². The monoisotopic (exact) mass is 279 g/mol. The summed E-state index contributed by atoms with van der Waals surface area (Å²) in [5.41, 5.74) is 4.57. The van der Waals surface area contributed by atoms with Crippen molar-refractivity contribution in [2.24, 2.45) is 0 Å². The first-order chi connectivity index (χ1) is 9.18. The zero-order chi connectivity index (χ0) is 14.7. The predicted octanol–water partition coefficient (Wildman–Crippen LogP) is 4.09. The summed E-state index contributed by atoms with van der Waals surface area (Å²) in [5, 5.41) is 0. The molecule has 0 unspecified atom stereocenters. The zero-order valence-corrected chi connectivity index (χ0v) is 12.8. The van der Waals surface area contributed by atoms with Gasteiger partial charge in [0.1, 0.15) is 0 Å². The van der Waals surface area contributed by atoms with Crippen LogP contribution >= 0.6 is 0 Å². The van der Waals surface area contributed by atoms with Crippen LogP contribution in [-0.4, -0.2) is 24.4 Å². The largest absolute Gasteiger partial charge is 0.301 e. The molecular formula is C17H23F2N. The van der Waals surface area contributed by atoms with Gasteiger partial charge < -0.3 is 4.90 Å². The third kappa shape index (κ3) is 2.16. The lowest BCUT2D eigenvalue weighted by Gasteiger charge is -2.42. The molecule has 20 heavy (non-hydrogen) atoms. The van der Waals surface area contributed by atoms with Gasteiger partial charge in [0.2, 0.25) is 0 Å². The Balaban J connectivity index is 2.18. The van der Waals surface area contributed by atoms with Crippen LogP contribution in [-0.2, 0) is 18.4 Å². The van der Waals surface area contributed by atoms with Crippen molar-refractivity contribution < 1.29 is 8.78 Å². The Kier molecular flexibility index (Phi) is 2.99. The van der Waals surface area contributed by atoms with E-state index in [2.05, 4.69) is 32.9 Å². The topological polar surface area (TPSA) is 3.24 Å². The molecule has 1 heterocycles. The van der Waals surface area contributed by atoms with Crippen molar-refractivity contribution in [3.8, 4) is 0 Å². The van der Waals surface area contributed by atoms with E-state index in [0.717, 1.165) is 23.2 Å². The van der Waals surface area contributed by atoms with Crippen LogP contribution in [0.15, 0.2) is 12.1 Å². The van der Waals surface area contributed by atoms with Crippen molar-refractivity contribution in [1.82, 2.24) is 4.90 Å². The second-order valence-corrected chi connectivity index (χ2v) is 7.47. The summed E-state index contributed by atoms with van der Waals surface area (Å²) >= 11 is 0. The molecule has 0 amide bonds. The minimum Gasteiger partial charge on any atom is -0.301 e. The van der Waals surface area contributed by atoms with Crippen LogP contribution in [0.25, 0.3) is 0 Å². The SMILES string of the molecule is CN1Cc2cc(C(C)(C)C)cc3c2[C@@H](C1)C(F)(F)CC3. The molecule has 3 rings (SSSR count). The Hall–Kier alpha value is -0.960. The number of likely N-dealkylation sites (N-methyl/N-ethyl adjacent to an activating group) is 1. The van der Waals surface area contributed by atoms with Crippen molar-refractivity contribution >= 4 is 0 Å². The number of nitrogens with zero attached hydrogens (tertiary/aromatic N) is 1. The minimum absolute atomic E-state index is 0.00839. The maximum Gasteiger partial charge on any atom is 0.256 e. The third-order valence-electron chi connectivity index (χ3n) is 4.74. The molecule has 1 aliphatic carbocycles. The van der Waals surface area contributed by atoms with E-state index in [1.54, 1.807) is 0 Å². The fraction of sp³-hybridized carbons (Fsp3) is 0.647. The first-order valence-electron chi connectivity index (χ1n) is 7.41. The number of rotatable bonds is 0. The highest BCUT2D eigenvalue weighted by Gasteiger charge is 2.47. The third-order valence-corrected chi connectivity index (χ3v) is 4.74. The van der Waals surface area contributed by atoms with Gasteiger partial charge in [0.05, 0.1) is 5.92 Å². The lowest BCUT2D eigenvalue weighted by molar-refractivity contribution is -0.0534. The molecule has 0 saturated carbocycles. The van der Waals surface area contributed by atoms with E-state index in [1.807, 2.05) is 11.9 Å². The number of benzene rings is 1. The summed E-state index contributed by atoms with van der Waals surface area (Å²) < 4.78 is 28.5. The highest BCUT2D eigenvalue weighted by Crippen LogP contribution is 2.48. The summed E-state index contributed by atoms with van der Waals surface area (Å²) in [6.07, 6.45) is 0.505. The molecule has 1 aliphatic heterocycles. The van der Waals surface area contributed by atoms with E-state index in [1.165, 1.54) is 5.56 Å². The van der Waals surface area contributed by atoms with Crippen LogP contribution in [0.2, 0.25) is 0 Å². The fourth-order valence-corrected chi connectivity index (χ4v) is 3.58. The van der Waals surface area contributed by atoms with Crippen LogP contribution in [0.4, 0.5) is 8.78 Å².